The SMILES string of the molecule is O=C(NC(CCO)C1CC1)c1ccc(-n2cnnc2)cc1. The first-order chi connectivity index (χ1) is 10.3. The number of benzene rings is 1. The molecule has 3 rings (SSSR count). The van der Waals surface area contributed by atoms with Crippen LogP contribution >= 0.6 is 0 Å². The zero-order valence-corrected chi connectivity index (χ0v) is 11.6. The highest BCUT2D eigenvalue weighted by Gasteiger charge is 2.31. The zero-order chi connectivity index (χ0) is 14.7. The quantitative estimate of drug-likeness (QED) is 0.835. The lowest BCUT2D eigenvalue weighted by Gasteiger charge is -2.17. The molecule has 1 unspecified atom stereocenters. The summed E-state index contributed by atoms with van der Waals surface area (Å²) in [5.41, 5.74) is 1.53. The fourth-order valence-electron chi connectivity index (χ4n) is 2.43. The number of hydrogen-bond acceptors (Lipinski definition) is 4. The first-order valence-electron chi connectivity index (χ1n) is 7.14. The van der Waals surface area contributed by atoms with Crippen LogP contribution < -0.4 is 5.32 Å². The van der Waals surface area contributed by atoms with Crippen molar-refractivity contribution in [3.63, 3.8) is 0 Å². The average Bonchev–Trinajstić information content (AvgIpc) is 3.21. The summed E-state index contributed by atoms with van der Waals surface area (Å²) in [6.07, 6.45) is 6.11. The number of aliphatic hydroxyl groups is 1. The van der Waals surface area contributed by atoms with E-state index in [9.17, 15) is 4.79 Å². The van der Waals surface area contributed by atoms with Crippen molar-refractivity contribution < 1.29 is 9.90 Å². The Balaban J connectivity index is 1.67. The Morgan fingerprint density at radius 1 is 1.29 bits per heavy atom. The maximum absolute atomic E-state index is 12.2. The van der Waals surface area contributed by atoms with Crippen molar-refractivity contribution in [1.29, 1.82) is 0 Å². The molecule has 0 radical (unpaired) electrons. The van der Waals surface area contributed by atoms with Gasteiger partial charge in [-0.3, -0.25) is 9.36 Å². The molecular weight excluding hydrogens is 268 g/mol. The lowest BCUT2D eigenvalue weighted by molar-refractivity contribution is 0.0924. The van der Waals surface area contributed by atoms with Gasteiger partial charge in [-0.05, 0) is 49.4 Å². The Morgan fingerprint density at radius 2 is 1.95 bits per heavy atom. The number of carbonyl (C=O) groups is 1. The van der Waals surface area contributed by atoms with Crippen molar-refractivity contribution in [1.82, 2.24) is 20.1 Å². The van der Waals surface area contributed by atoms with Gasteiger partial charge in [0.15, 0.2) is 0 Å². The van der Waals surface area contributed by atoms with E-state index in [-0.39, 0.29) is 18.6 Å². The smallest absolute Gasteiger partial charge is 0.251 e. The van der Waals surface area contributed by atoms with E-state index in [0.29, 0.717) is 17.9 Å². The van der Waals surface area contributed by atoms with Gasteiger partial charge in [-0.1, -0.05) is 0 Å². The molecule has 1 aliphatic rings. The van der Waals surface area contributed by atoms with Crippen LogP contribution in [0.15, 0.2) is 36.9 Å². The molecule has 0 bridgehead atoms. The number of amides is 1. The molecule has 1 aliphatic carbocycles. The van der Waals surface area contributed by atoms with Crippen LogP contribution in [0.25, 0.3) is 5.69 Å². The highest BCUT2D eigenvalue weighted by Crippen LogP contribution is 2.34. The molecule has 1 aromatic carbocycles. The summed E-state index contributed by atoms with van der Waals surface area (Å²) >= 11 is 0. The first-order valence-corrected chi connectivity index (χ1v) is 7.14. The fourth-order valence-corrected chi connectivity index (χ4v) is 2.43. The molecule has 1 fully saturated rings. The largest absolute Gasteiger partial charge is 0.396 e. The van der Waals surface area contributed by atoms with E-state index in [2.05, 4.69) is 15.5 Å². The van der Waals surface area contributed by atoms with Crippen molar-refractivity contribution in [2.75, 3.05) is 6.61 Å². The van der Waals surface area contributed by atoms with E-state index in [1.165, 1.54) is 0 Å². The zero-order valence-electron chi connectivity index (χ0n) is 11.6. The van der Waals surface area contributed by atoms with Crippen LogP contribution in [0.4, 0.5) is 0 Å². The minimum absolute atomic E-state index is 0.0834. The van der Waals surface area contributed by atoms with Crippen molar-refractivity contribution in [2.45, 2.75) is 25.3 Å². The van der Waals surface area contributed by atoms with Crippen LogP contribution in [0.3, 0.4) is 0 Å². The van der Waals surface area contributed by atoms with Gasteiger partial charge in [0.05, 0.1) is 0 Å². The maximum atomic E-state index is 12.2. The van der Waals surface area contributed by atoms with E-state index in [4.69, 9.17) is 5.11 Å². The summed E-state index contributed by atoms with van der Waals surface area (Å²) in [4.78, 5) is 12.2. The van der Waals surface area contributed by atoms with Crippen LogP contribution in [-0.4, -0.2) is 38.4 Å². The molecular formula is C15H18N4O2. The summed E-state index contributed by atoms with van der Waals surface area (Å²) in [5.74, 6) is 0.438. The number of hydrogen-bond donors (Lipinski definition) is 2. The van der Waals surface area contributed by atoms with E-state index >= 15 is 0 Å². The number of carbonyl (C=O) groups excluding carboxylic acids is 1. The van der Waals surface area contributed by atoms with Gasteiger partial charge in [0.2, 0.25) is 0 Å². The molecule has 21 heavy (non-hydrogen) atoms. The van der Waals surface area contributed by atoms with Crippen LogP contribution in [0.2, 0.25) is 0 Å². The first kappa shape index (κ1) is 13.8. The van der Waals surface area contributed by atoms with Crippen LogP contribution in [0.5, 0.6) is 0 Å². The second-order valence-corrected chi connectivity index (χ2v) is 5.35. The summed E-state index contributed by atoms with van der Waals surface area (Å²) < 4.78 is 1.78. The average molecular weight is 286 g/mol. The standard InChI is InChI=1S/C15H18N4O2/c20-8-7-14(11-1-2-11)18-15(21)12-3-5-13(6-4-12)19-9-16-17-10-19/h3-6,9-11,14,20H,1-2,7-8H2,(H,18,21). The minimum atomic E-state index is -0.0874. The van der Waals surface area contributed by atoms with Gasteiger partial charge in [-0.15, -0.1) is 10.2 Å². The molecule has 1 atom stereocenters. The highest BCUT2D eigenvalue weighted by molar-refractivity contribution is 5.94. The summed E-state index contributed by atoms with van der Waals surface area (Å²) in [5, 5.41) is 19.6. The predicted molar refractivity (Wildman–Crippen MR) is 77.0 cm³/mol. The highest BCUT2D eigenvalue weighted by atomic mass is 16.3. The van der Waals surface area contributed by atoms with Crippen molar-refractivity contribution in [3.05, 3.63) is 42.5 Å². The number of nitrogens with zero attached hydrogens (tertiary/aromatic N) is 3. The second-order valence-electron chi connectivity index (χ2n) is 5.35. The third-order valence-corrected chi connectivity index (χ3v) is 3.79. The maximum Gasteiger partial charge on any atom is 0.251 e. The Hall–Kier alpha value is -2.21. The monoisotopic (exact) mass is 286 g/mol. The van der Waals surface area contributed by atoms with E-state index in [1.54, 1.807) is 29.4 Å². The third kappa shape index (κ3) is 3.28. The van der Waals surface area contributed by atoms with E-state index in [1.807, 2.05) is 12.1 Å². The molecule has 1 heterocycles. The van der Waals surface area contributed by atoms with Gasteiger partial charge >= 0.3 is 0 Å². The van der Waals surface area contributed by atoms with Gasteiger partial charge in [0.1, 0.15) is 12.7 Å². The number of rotatable bonds is 6. The molecule has 0 spiro atoms. The number of aromatic nitrogens is 3. The van der Waals surface area contributed by atoms with Crippen LogP contribution in [0, 0.1) is 5.92 Å². The predicted octanol–water partition coefficient (Wildman–Crippen LogP) is 1.16. The fraction of sp³-hybridized carbons (Fsp3) is 0.400. The Labute approximate surface area is 122 Å². The van der Waals surface area contributed by atoms with Crippen LogP contribution in [0.1, 0.15) is 29.6 Å². The third-order valence-electron chi connectivity index (χ3n) is 3.79. The van der Waals surface area contributed by atoms with Crippen molar-refractivity contribution >= 4 is 5.91 Å². The van der Waals surface area contributed by atoms with Crippen molar-refractivity contribution in [2.24, 2.45) is 5.92 Å². The van der Waals surface area contributed by atoms with E-state index < -0.39 is 0 Å². The van der Waals surface area contributed by atoms with Crippen LogP contribution in [-0.2, 0) is 0 Å². The molecule has 0 saturated heterocycles. The van der Waals surface area contributed by atoms with Gasteiger partial charge in [0, 0.05) is 23.9 Å². The lowest BCUT2D eigenvalue weighted by Crippen LogP contribution is -2.37. The summed E-state index contributed by atoms with van der Waals surface area (Å²) in [7, 11) is 0. The molecule has 1 saturated carbocycles. The molecule has 2 aromatic rings. The molecule has 6 heteroatoms. The van der Waals surface area contributed by atoms with E-state index in [0.717, 1.165) is 18.5 Å². The minimum Gasteiger partial charge on any atom is -0.396 e. The topological polar surface area (TPSA) is 80.0 Å². The Morgan fingerprint density at radius 3 is 2.52 bits per heavy atom. The summed E-state index contributed by atoms with van der Waals surface area (Å²) in [6, 6.07) is 7.37. The number of aliphatic hydroxyl groups excluding tert-OH is 1. The molecule has 0 aliphatic heterocycles. The lowest BCUT2D eigenvalue weighted by atomic mass is 10.1. The molecule has 2 N–H and O–H groups in total. The molecule has 110 valence electrons. The van der Waals surface area contributed by atoms with Gasteiger partial charge < -0.3 is 10.4 Å². The number of nitrogens with one attached hydrogen (secondary N) is 1. The Kier molecular flexibility index (Phi) is 3.96. The van der Waals surface area contributed by atoms with Gasteiger partial charge in [-0.25, -0.2) is 0 Å². The Bertz CT molecular complexity index is 591. The molecule has 1 aromatic heterocycles. The molecule has 6 nitrogen and oxygen atoms in total. The summed E-state index contributed by atoms with van der Waals surface area (Å²) in [6.45, 7) is 0.105. The van der Waals surface area contributed by atoms with Crippen molar-refractivity contribution in [3.8, 4) is 5.69 Å². The second kappa shape index (κ2) is 6.05. The van der Waals surface area contributed by atoms with Gasteiger partial charge in [0.25, 0.3) is 5.91 Å². The van der Waals surface area contributed by atoms with Gasteiger partial charge in [-0.2, -0.15) is 0 Å². The molecule has 1 amide bonds. The normalized spacial score (nSPS) is 15.7.